The normalized spacial score (nSPS) is 23.1. The molecule has 1 aliphatic carbocycles. The Morgan fingerprint density at radius 3 is 2.44 bits per heavy atom. The predicted molar refractivity (Wildman–Crippen MR) is 56.1 cm³/mol. The van der Waals surface area contributed by atoms with Gasteiger partial charge in [0, 0.05) is 11.9 Å². The smallest absolute Gasteiger partial charge is 0.313 e. The minimum Gasteiger partial charge on any atom is -0.549 e. The Morgan fingerprint density at radius 2 is 1.88 bits per heavy atom. The van der Waals surface area contributed by atoms with Gasteiger partial charge in [0.2, 0.25) is 0 Å². The zero-order chi connectivity index (χ0) is 12.0. The van der Waals surface area contributed by atoms with Gasteiger partial charge in [0.25, 0.3) is 0 Å². The van der Waals surface area contributed by atoms with E-state index in [2.05, 4.69) is 0 Å². The number of hydrogen-bond donors (Lipinski definition) is 0. The van der Waals surface area contributed by atoms with Crippen molar-refractivity contribution in [3.05, 3.63) is 24.3 Å². The molecule has 0 saturated carbocycles. The first-order chi connectivity index (χ1) is 7.66. The molecule has 0 aromatic rings. The van der Waals surface area contributed by atoms with Crippen molar-refractivity contribution in [3.8, 4) is 0 Å². The van der Waals surface area contributed by atoms with Gasteiger partial charge in [0.15, 0.2) is 0 Å². The summed E-state index contributed by atoms with van der Waals surface area (Å²) in [5.74, 6) is -3.42. The van der Waals surface area contributed by atoms with Crippen LogP contribution in [0, 0.1) is 11.8 Å². The summed E-state index contributed by atoms with van der Waals surface area (Å²) in [6, 6.07) is 0. The molecule has 2 atom stereocenters. The Morgan fingerprint density at radius 1 is 1.25 bits per heavy atom. The third-order valence-electron chi connectivity index (χ3n) is 2.42. The third kappa shape index (κ3) is 3.22. The van der Waals surface area contributed by atoms with Crippen molar-refractivity contribution in [1.82, 2.24) is 0 Å². The van der Waals surface area contributed by atoms with Crippen molar-refractivity contribution in [2.24, 2.45) is 11.8 Å². The van der Waals surface area contributed by atoms with Gasteiger partial charge in [0.05, 0.1) is 12.5 Å². The number of esters is 1. The molecule has 1 rings (SSSR count). The van der Waals surface area contributed by atoms with Gasteiger partial charge in [-0.2, -0.15) is 0 Å². The summed E-state index contributed by atoms with van der Waals surface area (Å²) in [5, 5.41) is 10.8. The van der Waals surface area contributed by atoms with E-state index in [1.165, 1.54) is 12.2 Å². The minimum atomic E-state index is -1.25. The fraction of sp³-hybridized carbons (Fsp3) is 0.500. The molecule has 0 aromatic carbocycles. The summed E-state index contributed by atoms with van der Waals surface area (Å²) in [6.07, 6.45) is 7.93. The number of allylic oxidation sites excluding steroid dienone is 2. The van der Waals surface area contributed by atoms with Crippen LogP contribution in [0.1, 0.15) is 19.8 Å². The van der Waals surface area contributed by atoms with Gasteiger partial charge in [-0.1, -0.05) is 37.6 Å². The maximum Gasteiger partial charge on any atom is 0.313 e. The molecule has 0 heterocycles. The number of unbranched alkanes of at least 4 members (excludes halogenated alkanes) is 1. The molecule has 0 amide bonds. The molecule has 1 aliphatic rings. The molecular formula is C12H15O4-. The second kappa shape index (κ2) is 6.10. The summed E-state index contributed by atoms with van der Waals surface area (Å²) in [6.45, 7) is 2.32. The monoisotopic (exact) mass is 223 g/mol. The number of carbonyl (C=O) groups excluding carboxylic acids is 2. The van der Waals surface area contributed by atoms with E-state index in [0.717, 1.165) is 12.8 Å². The van der Waals surface area contributed by atoms with Crippen LogP contribution in [0.2, 0.25) is 0 Å². The summed E-state index contributed by atoms with van der Waals surface area (Å²) in [5.41, 5.74) is 0. The van der Waals surface area contributed by atoms with Crippen LogP contribution in [0.15, 0.2) is 24.3 Å². The number of ether oxygens (including phenoxy) is 1. The van der Waals surface area contributed by atoms with Gasteiger partial charge in [-0.15, -0.1) is 0 Å². The first kappa shape index (κ1) is 12.5. The lowest BCUT2D eigenvalue weighted by molar-refractivity contribution is -0.310. The quantitative estimate of drug-likeness (QED) is 0.501. The van der Waals surface area contributed by atoms with E-state index in [4.69, 9.17) is 4.74 Å². The van der Waals surface area contributed by atoms with Gasteiger partial charge in [-0.3, -0.25) is 4.79 Å². The molecule has 0 bridgehead atoms. The first-order valence-electron chi connectivity index (χ1n) is 5.39. The highest BCUT2D eigenvalue weighted by atomic mass is 16.5. The zero-order valence-electron chi connectivity index (χ0n) is 9.22. The van der Waals surface area contributed by atoms with Crippen LogP contribution in [0.3, 0.4) is 0 Å². The summed E-state index contributed by atoms with van der Waals surface area (Å²) in [4.78, 5) is 22.4. The van der Waals surface area contributed by atoms with E-state index in [1.807, 2.05) is 6.92 Å². The fourth-order valence-corrected chi connectivity index (χ4v) is 1.47. The lowest BCUT2D eigenvalue weighted by Gasteiger charge is -2.23. The molecule has 0 fully saturated rings. The molecule has 0 aliphatic heterocycles. The van der Waals surface area contributed by atoms with E-state index in [0.29, 0.717) is 6.61 Å². The highest BCUT2D eigenvalue weighted by Crippen LogP contribution is 2.20. The summed E-state index contributed by atoms with van der Waals surface area (Å²) < 4.78 is 4.99. The zero-order valence-corrected chi connectivity index (χ0v) is 9.22. The van der Waals surface area contributed by atoms with Crippen molar-refractivity contribution < 1.29 is 19.4 Å². The van der Waals surface area contributed by atoms with Crippen molar-refractivity contribution >= 4 is 11.9 Å². The number of hydrogen-bond acceptors (Lipinski definition) is 4. The van der Waals surface area contributed by atoms with Crippen LogP contribution in [0.25, 0.3) is 0 Å². The molecular weight excluding hydrogens is 208 g/mol. The van der Waals surface area contributed by atoms with E-state index in [-0.39, 0.29) is 0 Å². The maximum atomic E-state index is 11.6. The maximum absolute atomic E-state index is 11.6. The van der Waals surface area contributed by atoms with Gasteiger partial charge in [-0.25, -0.2) is 0 Å². The third-order valence-corrected chi connectivity index (χ3v) is 2.42. The van der Waals surface area contributed by atoms with E-state index in [9.17, 15) is 14.7 Å². The SMILES string of the molecule is CCCCOC(=O)C1C=CC=CC1C(=O)[O-]. The Balaban J connectivity index is 2.56. The number of aliphatic carboxylic acids is 1. The number of rotatable bonds is 5. The molecule has 88 valence electrons. The van der Waals surface area contributed by atoms with Crippen LogP contribution in [0.4, 0.5) is 0 Å². The van der Waals surface area contributed by atoms with Crippen LogP contribution in [-0.2, 0) is 14.3 Å². The number of carbonyl (C=O) groups is 2. The van der Waals surface area contributed by atoms with E-state index >= 15 is 0 Å². The van der Waals surface area contributed by atoms with Gasteiger partial charge in [-0.05, 0) is 6.42 Å². The molecule has 0 radical (unpaired) electrons. The van der Waals surface area contributed by atoms with E-state index in [1.54, 1.807) is 12.2 Å². The average Bonchev–Trinajstić information content (AvgIpc) is 2.29. The van der Waals surface area contributed by atoms with E-state index < -0.39 is 23.8 Å². The van der Waals surface area contributed by atoms with Crippen molar-refractivity contribution in [2.45, 2.75) is 19.8 Å². The van der Waals surface area contributed by atoms with Crippen molar-refractivity contribution in [1.29, 1.82) is 0 Å². The van der Waals surface area contributed by atoms with Gasteiger partial charge >= 0.3 is 5.97 Å². The van der Waals surface area contributed by atoms with Crippen LogP contribution in [-0.4, -0.2) is 18.5 Å². The van der Waals surface area contributed by atoms with Gasteiger partial charge in [0.1, 0.15) is 0 Å². The Hall–Kier alpha value is -1.58. The molecule has 0 N–H and O–H groups in total. The molecule has 2 unspecified atom stereocenters. The minimum absolute atomic E-state index is 0.336. The Bertz CT molecular complexity index is 317. The second-order valence-electron chi connectivity index (χ2n) is 3.66. The number of carboxylic acid groups (broad SMARTS) is 1. The molecule has 0 saturated heterocycles. The van der Waals surface area contributed by atoms with Gasteiger partial charge < -0.3 is 14.6 Å². The van der Waals surface area contributed by atoms with Crippen LogP contribution in [0.5, 0.6) is 0 Å². The molecule has 4 heteroatoms. The molecule has 16 heavy (non-hydrogen) atoms. The lowest BCUT2D eigenvalue weighted by Crippen LogP contribution is -2.38. The van der Waals surface area contributed by atoms with Crippen molar-refractivity contribution in [2.75, 3.05) is 6.61 Å². The second-order valence-corrected chi connectivity index (χ2v) is 3.66. The topological polar surface area (TPSA) is 66.4 Å². The highest BCUT2D eigenvalue weighted by Gasteiger charge is 2.27. The number of carboxylic acids is 1. The Labute approximate surface area is 94.6 Å². The fourth-order valence-electron chi connectivity index (χ4n) is 1.47. The lowest BCUT2D eigenvalue weighted by atomic mass is 9.88. The van der Waals surface area contributed by atoms with Crippen molar-refractivity contribution in [3.63, 3.8) is 0 Å². The molecule has 4 nitrogen and oxygen atoms in total. The average molecular weight is 223 g/mol. The van der Waals surface area contributed by atoms with Crippen LogP contribution < -0.4 is 5.11 Å². The Kier molecular flexibility index (Phi) is 4.76. The largest absolute Gasteiger partial charge is 0.549 e. The predicted octanol–water partition coefficient (Wildman–Crippen LogP) is 0.438. The highest BCUT2D eigenvalue weighted by molar-refractivity contribution is 5.83. The summed E-state index contributed by atoms with van der Waals surface area (Å²) in [7, 11) is 0. The van der Waals surface area contributed by atoms with Crippen LogP contribution >= 0.6 is 0 Å². The molecule has 0 aromatic heterocycles. The first-order valence-corrected chi connectivity index (χ1v) is 5.39. The molecule has 0 spiro atoms. The summed E-state index contributed by atoms with van der Waals surface area (Å²) >= 11 is 0. The standard InChI is InChI=1S/C12H16O4/c1-2-3-8-16-12(15)10-7-5-4-6-9(10)11(13)14/h4-7,9-10H,2-3,8H2,1H3,(H,13,14)/p-1.